The Kier molecular flexibility index (Phi) is 6.82. The minimum absolute atomic E-state index is 0.118. The molecule has 1 aliphatic carbocycles. The highest BCUT2D eigenvalue weighted by atomic mass is 35.5. The number of anilines is 2. The zero-order valence-corrected chi connectivity index (χ0v) is 20.5. The van der Waals surface area contributed by atoms with Gasteiger partial charge in [0.2, 0.25) is 5.91 Å². The summed E-state index contributed by atoms with van der Waals surface area (Å²) in [4.78, 5) is 40.1. The Labute approximate surface area is 213 Å². The highest BCUT2D eigenvalue weighted by molar-refractivity contribution is 6.31. The van der Waals surface area contributed by atoms with Crippen LogP contribution in [0.3, 0.4) is 0 Å². The van der Waals surface area contributed by atoms with E-state index < -0.39 is 41.8 Å². The molecule has 4 rings (SSSR count). The first kappa shape index (κ1) is 25.9. The third-order valence-corrected chi connectivity index (χ3v) is 6.21. The zero-order chi connectivity index (χ0) is 27.1. The summed E-state index contributed by atoms with van der Waals surface area (Å²) in [6, 6.07) is 9.78. The van der Waals surface area contributed by atoms with Crippen molar-refractivity contribution in [2.24, 2.45) is 18.9 Å². The van der Waals surface area contributed by atoms with Crippen molar-refractivity contribution >= 4 is 41.1 Å². The number of amides is 2. The first-order valence-electron chi connectivity index (χ1n) is 10.9. The van der Waals surface area contributed by atoms with E-state index >= 15 is 0 Å². The van der Waals surface area contributed by atoms with E-state index in [-0.39, 0.29) is 28.6 Å². The van der Waals surface area contributed by atoms with Crippen molar-refractivity contribution in [1.29, 1.82) is 0 Å². The number of aryl methyl sites for hydroxylation is 2. The van der Waals surface area contributed by atoms with Crippen molar-refractivity contribution in [3.63, 3.8) is 0 Å². The van der Waals surface area contributed by atoms with Crippen LogP contribution in [0.15, 0.2) is 36.4 Å². The topological polar surface area (TPSA) is 148 Å². The van der Waals surface area contributed by atoms with Gasteiger partial charge < -0.3 is 15.2 Å². The number of aromatic nitrogens is 4. The fraction of sp³-hybridized carbons (Fsp3) is 0.304. The number of carbonyl (C=O) groups is 3. The Balaban J connectivity index is 1.48. The van der Waals surface area contributed by atoms with Crippen LogP contribution in [0.5, 0.6) is 0 Å². The molecule has 37 heavy (non-hydrogen) atoms. The van der Waals surface area contributed by atoms with E-state index in [4.69, 9.17) is 21.4 Å². The maximum absolute atomic E-state index is 13.7. The summed E-state index contributed by atoms with van der Waals surface area (Å²) in [6.07, 6.45) is -1.45. The van der Waals surface area contributed by atoms with Gasteiger partial charge in [-0.2, -0.15) is 0 Å². The molecule has 3 atom stereocenters. The van der Waals surface area contributed by atoms with Crippen molar-refractivity contribution < 1.29 is 33.0 Å². The lowest BCUT2D eigenvalue weighted by Gasteiger charge is -2.15. The second kappa shape index (κ2) is 9.73. The van der Waals surface area contributed by atoms with Gasteiger partial charge in [0.1, 0.15) is 17.9 Å². The third-order valence-electron chi connectivity index (χ3n) is 5.86. The third kappa shape index (κ3) is 5.07. The first-order valence-corrected chi connectivity index (χ1v) is 11.3. The highest BCUT2D eigenvalue weighted by Gasteiger charge is 2.76. The van der Waals surface area contributed by atoms with Gasteiger partial charge in [0, 0.05) is 17.6 Å². The van der Waals surface area contributed by atoms with E-state index in [9.17, 15) is 23.2 Å². The molecule has 0 spiro atoms. The molecule has 2 unspecified atom stereocenters. The van der Waals surface area contributed by atoms with E-state index in [1.165, 1.54) is 23.7 Å². The molecule has 0 radical (unpaired) electrons. The minimum Gasteiger partial charge on any atom is -0.481 e. The van der Waals surface area contributed by atoms with Crippen LogP contribution < -0.4 is 10.6 Å². The molecule has 194 valence electrons. The molecule has 2 heterocycles. The van der Waals surface area contributed by atoms with Gasteiger partial charge in [0.25, 0.3) is 5.92 Å². The molecule has 11 nitrogen and oxygen atoms in total. The van der Waals surface area contributed by atoms with Crippen molar-refractivity contribution in [2.75, 3.05) is 10.6 Å². The number of nitrogens with one attached hydrogen (secondary N) is 2. The highest BCUT2D eigenvalue weighted by Crippen LogP contribution is 2.55. The number of aliphatic carboxylic acids is 1. The fourth-order valence-corrected chi connectivity index (χ4v) is 4.11. The summed E-state index contributed by atoms with van der Waals surface area (Å²) in [5.41, 5.74) is 1.43. The van der Waals surface area contributed by atoms with Gasteiger partial charge in [-0.15, -0.1) is 5.10 Å². The second-order valence-corrected chi connectivity index (χ2v) is 8.80. The Morgan fingerprint density at radius 1 is 1.16 bits per heavy atom. The van der Waals surface area contributed by atoms with Gasteiger partial charge >= 0.3 is 12.1 Å². The molecule has 0 aliphatic heterocycles. The Hall–Kier alpha value is -4.13. The van der Waals surface area contributed by atoms with E-state index in [0.717, 1.165) is 0 Å². The summed E-state index contributed by atoms with van der Waals surface area (Å²) in [7, 11) is 1.54. The van der Waals surface area contributed by atoms with E-state index in [0.29, 0.717) is 10.6 Å². The number of hydrogen-bond acceptors (Lipinski definition) is 7. The van der Waals surface area contributed by atoms with E-state index in [1.54, 1.807) is 38.2 Å². The lowest BCUT2D eigenvalue weighted by Crippen LogP contribution is -2.19. The van der Waals surface area contributed by atoms with Gasteiger partial charge in [-0.25, -0.2) is 23.2 Å². The quantitative estimate of drug-likeness (QED) is 0.411. The molecule has 1 saturated carbocycles. The smallest absolute Gasteiger partial charge is 0.413 e. The average Bonchev–Trinajstić information content (AvgIpc) is 3.25. The number of carboxylic acids is 1. The van der Waals surface area contributed by atoms with Crippen LogP contribution in [0, 0.1) is 18.8 Å². The standard InChI is InChI=1S/C23H21ClF2N6O5/c1-10-14(28-20(33)16-17(21(34)35)23(16,25)26)8-9-15(27-10)18-19(32(3)31-30-18)29-22(36)37-11(2)12-6-4-5-7-13(12)24/h4-9,11,16-17H,1-3H3,(H,28,33)(H,29,36)(H,34,35)/t11-,16?,17?/m1/s1. The summed E-state index contributed by atoms with van der Waals surface area (Å²) < 4.78 is 34.1. The van der Waals surface area contributed by atoms with Gasteiger partial charge in [-0.05, 0) is 32.0 Å². The maximum Gasteiger partial charge on any atom is 0.413 e. The normalized spacial score (nSPS) is 18.5. The molecule has 3 aromatic rings. The van der Waals surface area contributed by atoms with Crippen molar-refractivity contribution in [3.05, 3.63) is 52.7 Å². The van der Waals surface area contributed by atoms with Crippen LogP contribution in [0.1, 0.15) is 24.3 Å². The molecular weight excluding hydrogens is 514 g/mol. The molecule has 14 heteroatoms. The predicted octanol–water partition coefficient (Wildman–Crippen LogP) is 4.05. The number of ether oxygens (including phenoxy) is 1. The number of carbonyl (C=O) groups excluding carboxylic acids is 2. The van der Waals surface area contributed by atoms with Crippen LogP contribution in [0.25, 0.3) is 11.4 Å². The molecule has 3 N–H and O–H groups in total. The number of alkyl halides is 2. The SMILES string of the molecule is Cc1nc(-c2nnn(C)c2NC(=O)O[C@H](C)c2ccccc2Cl)ccc1NC(=O)C1C(C(=O)O)C1(F)F. The number of nitrogens with zero attached hydrogens (tertiary/aromatic N) is 4. The Bertz CT molecular complexity index is 1400. The summed E-state index contributed by atoms with van der Waals surface area (Å²) >= 11 is 6.16. The van der Waals surface area contributed by atoms with Crippen LogP contribution in [-0.2, 0) is 21.4 Å². The van der Waals surface area contributed by atoms with Crippen LogP contribution in [0.2, 0.25) is 5.02 Å². The van der Waals surface area contributed by atoms with Crippen molar-refractivity contribution in [1.82, 2.24) is 20.0 Å². The van der Waals surface area contributed by atoms with Crippen LogP contribution in [0.4, 0.5) is 25.1 Å². The maximum atomic E-state index is 13.7. The number of halogens is 3. The van der Waals surface area contributed by atoms with E-state index in [2.05, 4.69) is 25.9 Å². The summed E-state index contributed by atoms with van der Waals surface area (Å²) in [5, 5.41) is 22.1. The number of pyridine rings is 1. The lowest BCUT2D eigenvalue weighted by atomic mass is 10.1. The second-order valence-electron chi connectivity index (χ2n) is 8.39. The number of hydrogen-bond donors (Lipinski definition) is 3. The van der Waals surface area contributed by atoms with Crippen molar-refractivity contribution in [3.8, 4) is 11.4 Å². The monoisotopic (exact) mass is 534 g/mol. The molecule has 0 bridgehead atoms. The van der Waals surface area contributed by atoms with Gasteiger partial charge in [0.05, 0.1) is 17.1 Å². The van der Waals surface area contributed by atoms with Gasteiger partial charge in [-0.1, -0.05) is 35.0 Å². The molecule has 2 amide bonds. The van der Waals surface area contributed by atoms with Crippen LogP contribution in [-0.4, -0.2) is 49.0 Å². The molecule has 2 aromatic heterocycles. The van der Waals surface area contributed by atoms with E-state index in [1.807, 2.05) is 0 Å². The zero-order valence-electron chi connectivity index (χ0n) is 19.7. The summed E-state index contributed by atoms with van der Waals surface area (Å²) in [5.74, 6) is -10.3. The number of benzene rings is 1. The molecule has 0 saturated heterocycles. The van der Waals surface area contributed by atoms with Gasteiger partial charge in [0.15, 0.2) is 11.5 Å². The first-order chi connectivity index (χ1) is 17.4. The van der Waals surface area contributed by atoms with Crippen molar-refractivity contribution in [2.45, 2.75) is 25.9 Å². The van der Waals surface area contributed by atoms with Gasteiger partial charge in [-0.3, -0.25) is 14.9 Å². The molecule has 1 aliphatic rings. The average molecular weight is 535 g/mol. The Morgan fingerprint density at radius 3 is 2.49 bits per heavy atom. The Morgan fingerprint density at radius 2 is 1.86 bits per heavy atom. The fourth-order valence-electron chi connectivity index (χ4n) is 3.82. The minimum atomic E-state index is -3.62. The molecule has 1 aromatic carbocycles. The van der Waals surface area contributed by atoms with Crippen LogP contribution >= 0.6 is 11.6 Å². The predicted molar refractivity (Wildman–Crippen MR) is 127 cm³/mol. The lowest BCUT2D eigenvalue weighted by molar-refractivity contribution is -0.141. The molecule has 1 fully saturated rings. The number of carboxylic acid groups (broad SMARTS) is 1. The largest absolute Gasteiger partial charge is 0.481 e. The summed E-state index contributed by atoms with van der Waals surface area (Å²) in [6.45, 7) is 3.18. The molecular formula is C23H21ClF2N6O5. The number of rotatable bonds is 7.